The maximum Gasteiger partial charge on any atom is 0.286 e. The number of Topliss-reactive ketones (excluding diaryl/α,β-unsaturated/α-hetero) is 1. The molecule has 1 aromatic rings. The number of isocyanates is 1. The number of nitriles is 1. The van der Waals surface area contributed by atoms with Crippen LogP contribution in [0.2, 0.25) is 0 Å². The van der Waals surface area contributed by atoms with Crippen molar-refractivity contribution in [2.24, 2.45) is 10.9 Å². The minimum Gasteiger partial charge on any atom is -0.428 e. The van der Waals surface area contributed by atoms with Gasteiger partial charge in [0.1, 0.15) is 12.4 Å². The summed E-state index contributed by atoms with van der Waals surface area (Å²) in [5.41, 5.74) is 2.07. The van der Waals surface area contributed by atoms with Gasteiger partial charge in [-0.15, -0.1) is 0 Å². The molecule has 5 heteroatoms. The number of aliphatic imine (C=N–C) groups is 1. The van der Waals surface area contributed by atoms with Gasteiger partial charge in [-0.1, -0.05) is 43.3 Å². The van der Waals surface area contributed by atoms with Crippen LogP contribution in [0.5, 0.6) is 0 Å². The molecular formula is C21H26N2O3. The Bertz CT molecular complexity index is 640. The van der Waals surface area contributed by atoms with Crippen LogP contribution in [-0.2, 0) is 20.7 Å². The van der Waals surface area contributed by atoms with E-state index in [1.165, 1.54) is 0 Å². The summed E-state index contributed by atoms with van der Waals surface area (Å²) in [5, 5.41) is 8.35. The van der Waals surface area contributed by atoms with E-state index < -0.39 is 0 Å². The fourth-order valence-electron chi connectivity index (χ4n) is 2.83. The Balaban J connectivity index is 2.27. The second-order valence-electron chi connectivity index (χ2n) is 6.29. The van der Waals surface area contributed by atoms with E-state index in [2.05, 4.69) is 16.3 Å². The van der Waals surface area contributed by atoms with Gasteiger partial charge in [-0.2, -0.15) is 5.26 Å². The molecule has 0 spiro atoms. The largest absolute Gasteiger partial charge is 0.428 e. The second-order valence-corrected chi connectivity index (χ2v) is 6.29. The molecular weight excluding hydrogens is 328 g/mol. The van der Waals surface area contributed by atoms with Crippen molar-refractivity contribution in [2.75, 3.05) is 13.2 Å². The molecule has 0 saturated carbocycles. The molecule has 0 heterocycles. The van der Waals surface area contributed by atoms with Crippen molar-refractivity contribution in [1.29, 1.82) is 5.26 Å². The Kier molecular flexibility index (Phi) is 11.1. The molecule has 0 aromatic heterocycles. The zero-order chi connectivity index (χ0) is 19.0. The number of hydrogen-bond acceptors (Lipinski definition) is 5. The number of ketones is 1. The average Bonchev–Trinajstić information content (AvgIpc) is 2.66. The first-order valence-corrected chi connectivity index (χ1v) is 8.97. The first-order chi connectivity index (χ1) is 12.7. The maximum absolute atomic E-state index is 12.1. The predicted molar refractivity (Wildman–Crippen MR) is 101 cm³/mol. The molecule has 1 rings (SSSR count). The molecule has 1 aromatic carbocycles. The molecule has 0 bridgehead atoms. The van der Waals surface area contributed by atoms with Crippen molar-refractivity contribution in [3.63, 3.8) is 0 Å². The van der Waals surface area contributed by atoms with Gasteiger partial charge in [0, 0.05) is 12.8 Å². The summed E-state index contributed by atoms with van der Waals surface area (Å²) in [6, 6.07) is 7.85. The quantitative estimate of drug-likeness (QED) is 0.217. The van der Waals surface area contributed by atoms with Gasteiger partial charge in [0.15, 0.2) is 0 Å². The maximum atomic E-state index is 12.1. The lowest BCUT2D eigenvalue weighted by atomic mass is 9.95. The van der Waals surface area contributed by atoms with Crippen LogP contribution in [-0.4, -0.2) is 25.0 Å². The Morgan fingerprint density at radius 1 is 1.23 bits per heavy atom. The Morgan fingerprint density at radius 2 is 1.96 bits per heavy atom. The monoisotopic (exact) mass is 354 g/mol. The summed E-state index contributed by atoms with van der Waals surface area (Å²) in [4.78, 5) is 26.1. The first kappa shape index (κ1) is 21.3. The summed E-state index contributed by atoms with van der Waals surface area (Å²) in [6.45, 7) is 4.55. The molecule has 0 aliphatic heterocycles. The highest BCUT2D eigenvalue weighted by atomic mass is 16.5. The zero-order valence-corrected chi connectivity index (χ0v) is 15.2. The Labute approximate surface area is 155 Å². The Morgan fingerprint density at radius 3 is 2.62 bits per heavy atom. The molecule has 0 N–H and O–H groups in total. The molecule has 0 saturated heterocycles. The predicted octanol–water partition coefficient (Wildman–Crippen LogP) is 4.23. The lowest BCUT2D eigenvalue weighted by Gasteiger charge is -2.13. The van der Waals surface area contributed by atoms with Gasteiger partial charge in [0.05, 0.1) is 6.54 Å². The highest BCUT2D eigenvalue weighted by Crippen LogP contribution is 2.17. The van der Waals surface area contributed by atoms with Gasteiger partial charge in [-0.25, -0.2) is 9.79 Å². The number of hydrogen-bond donors (Lipinski definition) is 0. The normalized spacial score (nSPS) is 11.0. The number of unbranched alkanes of at least 4 members (excludes halogenated alkanes) is 1. The second kappa shape index (κ2) is 13.6. The van der Waals surface area contributed by atoms with E-state index in [-0.39, 0.29) is 11.7 Å². The molecule has 26 heavy (non-hydrogen) atoms. The van der Waals surface area contributed by atoms with E-state index in [0.717, 1.165) is 43.2 Å². The average molecular weight is 354 g/mol. The Hall–Kier alpha value is -2.70. The topological polar surface area (TPSA) is 79.5 Å². The minimum absolute atomic E-state index is 0.237. The van der Waals surface area contributed by atoms with Crippen LogP contribution in [0, 0.1) is 17.4 Å². The fourth-order valence-corrected chi connectivity index (χ4v) is 2.83. The molecule has 1 unspecified atom stereocenters. The van der Waals surface area contributed by atoms with E-state index in [0.29, 0.717) is 26.0 Å². The molecule has 0 aliphatic carbocycles. The number of carbonyl (C=O) groups is 1. The summed E-state index contributed by atoms with van der Waals surface area (Å²) < 4.78 is 4.66. The molecule has 0 fully saturated rings. The number of benzene rings is 1. The molecule has 1 atom stereocenters. The third kappa shape index (κ3) is 9.56. The van der Waals surface area contributed by atoms with Crippen molar-refractivity contribution in [3.05, 3.63) is 42.0 Å². The summed E-state index contributed by atoms with van der Waals surface area (Å²) in [5.74, 6) is 0.501. The van der Waals surface area contributed by atoms with E-state index in [4.69, 9.17) is 5.26 Å². The number of rotatable bonds is 14. The van der Waals surface area contributed by atoms with Gasteiger partial charge in [-0.3, -0.25) is 4.79 Å². The third-order valence-corrected chi connectivity index (χ3v) is 4.27. The number of carbonyl (C=O) groups excluding carboxylic acids is 2. The van der Waals surface area contributed by atoms with E-state index in [9.17, 15) is 9.59 Å². The zero-order valence-electron chi connectivity index (χ0n) is 15.2. The smallest absolute Gasteiger partial charge is 0.286 e. The van der Waals surface area contributed by atoms with Crippen molar-refractivity contribution < 1.29 is 14.3 Å². The molecule has 0 amide bonds. The molecule has 0 aliphatic rings. The third-order valence-electron chi connectivity index (χ3n) is 4.27. The van der Waals surface area contributed by atoms with E-state index in [1.54, 1.807) is 18.4 Å². The van der Waals surface area contributed by atoms with Gasteiger partial charge in [-0.05, 0) is 42.7 Å². The fraction of sp³-hybridized carbons (Fsp3) is 0.476. The van der Waals surface area contributed by atoms with Gasteiger partial charge >= 0.3 is 0 Å². The van der Waals surface area contributed by atoms with E-state index in [1.807, 2.05) is 24.3 Å². The van der Waals surface area contributed by atoms with Crippen LogP contribution in [0.25, 0.3) is 6.08 Å². The standard InChI is InChI=1S/C21H26N2O3/c1-2-18-9-11-19(12-10-18)14-21(25)8-4-3-6-20(15-23-17-24)7-5-13-26-16-22/h2,9-12,20H,1,3-8,13-15H2. The lowest BCUT2D eigenvalue weighted by molar-refractivity contribution is -0.118. The van der Waals surface area contributed by atoms with Crippen LogP contribution in [0.1, 0.15) is 49.7 Å². The van der Waals surface area contributed by atoms with Crippen LogP contribution in [0.3, 0.4) is 0 Å². The van der Waals surface area contributed by atoms with E-state index >= 15 is 0 Å². The molecule has 0 radical (unpaired) electrons. The number of nitrogens with zero attached hydrogens (tertiary/aromatic N) is 2. The van der Waals surface area contributed by atoms with Crippen molar-refractivity contribution in [1.82, 2.24) is 0 Å². The summed E-state index contributed by atoms with van der Waals surface area (Å²) in [7, 11) is 0. The van der Waals surface area contributed by atoms with Crippen molar-refractivity contribution in [3.8, 4) is 6.26 Å². The number of ether oxygens (including phenoxy) is 1. The minimum atomic E-state index is 0.237. The van der Waals surface area contributed by atoms with Gasteiger partial charge in [0.2, 0.25) is 6.08 Å². The first-order valence-electron chi connectivity index (χ1n) is 8.97. The van der Waals surface area contributed by atoms with Crippen LogP contribution >= 0.6 is 0 Å². The highest BCUT2D eigenvalue weighted by Gasteiger charge is 2.10. The van der Waals surface area contributed by atoms with Crippen LogP contribution < -0.4 is 0 Å². The van der Waals surface area contributed by atoms with Crippen molar-refractivity contribution >= 4 is 17.9 Å². The lowest BCUT2D eigenvalue weighted by Crippen LogP contribution is -2.07. The summed E-state index contributed by atoms with van der Waals surface area (Å²) in [6.07, 6.45) is 10.3. The van der Waals surface area contributed by atoms with Gasteiger partial charge < -0.3 is 4.74 Å². The highest BCUT2D eigenvalue weighted by molar-refractivity contribution is 5.80. The SMILES string of the molecule is C=Cc1ccc(CC(=O)CCCCC(CCCOC#N)CN=C=O)cc1. The molecule has 138 valence electrons. The molecule has 5 nitrogen and oxygen atoms in total. The van der Waals surface area contributed by atoms with Gasteiger partial charge in [0.25, 0.3) is 6.26 Å². The summed E-state index contributed by atoms with van der Waals surface area (Å²) >= 11 is 0. The van der Waals surface area contributed by atoms with Crippen LogP contribution in [0.4, 0.5) is 0 Å². The van der Waals surface area contributed by atoms with Crippen LogP contribution in [0.15, 0.2) is 35.8 Å². The van der Waals surface area contributed by atoms with Crippen molar-refractivity contribution in [2.45, 2.75) is 44.9 Å².